The van der Waals surface area contributed by atoms with E-state index in [2.05, 4.69) is 9.97 Å². The van der Waals surface area contributed by atoms with Crippen LogP contribution in [0.1, 0.15) is 51.5 Å². The average molecular weight is 553 g/mol. The summed E-state index contributed by atoms with van der Waals surface area (Å²) in [7, 11) is 0. The van der Waals surface area contributed by atoms with Gasteiger partial charge in [-0.25, -0.2) is 4.98 Å². The lowest BCUT2D eigenvalue weighted by molar-refractivity contribution is -0.151. The van der Waals surface area contributed by atoms with Crippen LogP contribution in [-0.2, 0) is 9.59 Å². The van der Waals surface area contributed by atoms with Crippen LogP contribution in [0, 0.1) is 11.3 Å². The number of benzene rings is 1. The number of hydrogen-bond donors (Lipinski definition) is 3. The molecule has 1 aliphatic carbocycles. The minimum Gasteiger partial charge on any atom is -0.481 e. The molecular formula is C29H33ClN4O5. The molecule has 2 aromatic heterocycles. The normalized spacial score (nSPS) is 20.1. The molecule has 0 radical (unpaired) electrons. The maximum absolute atomic E-state index is 11.7. The first-order valence-electron chi connectivity index (χ1n) is 13.3. The van der Waals surface area contributed by atoms with Crippen LogP contribution in [-0.4, -0.2) is 67.7 Å². The Balaban J connectivity index is 1.26. The van der Waals surface area contributed by atoms with E-state index in [1.165, 1.54) is 0 Å². The molecule has 0 atom stereocenters. The van der Waals surface area contributed by atoms with Crippen molar-refractivity contribution in [3.8, 4) is 17.3 Å². The Labute approximate surface area is 231 Å². The molecule has 0 unspecified atom stereocenters. The number of hydrogen-bond acceptors (Lipinski definition) is 6. The van der Waals surface area contributed by atoms with Gasteiger partial charge in [-0.3, -0.25) is 9.59 Å². The molecule has 2 aliphatic rings. The summed E-state index contributed by atoms with van der Waals surface area (Å²) >= 11 is 6.60. The summed E-state index contributed by atoms with van der Waals surface area (Å²) in [5, 5.41) is 19.1. The number of H-pyrrole nitrogens is 1. The minimum absolute atomic E-state index is 0.0307. The maximum atomic E-state index is 11.7. The molecule has 39 heavy (non-hydrogen) atoms. The highest BCUT2D eigenvalue weighted by molar-refractivity contribution is 6.33. The Morgan fingerprint density at radius 2 is 1.82 bits per heavy atom. The predicted octanol–water partition coefficient (Wildman–Crippen LogP) is 4.93. The number of nitrogens with one attached hydrogen (secondary N) is 1. The number of nitrogens with zero attached hydrogens (tertiary/aromatic N) is 3. The van der Waals surface area contributed by atoms with E-state index in [-0.39, 0.29) is 17.9 Å². The third-order valence-corrected chi connectivity index (χ3v) is 8.44. The van der Waals surface area contributed by atoms with Crippen LogP contribution in [0.3, 0.4) is 0 Å². The van der Waals surface area contributed by atoms with Crippen molar-refractivity contribution in [1.29, 1.82) is 0 Å². The van der Waals surface area contributed by atoms with Crippen LogP contribution in [0.4, 0.5) is 0 Å². The number of amides is 1. The number of halogens is 1. The molecule has 3 N–H and O–H groups in total. The summed E-state index contributed by atoms with van der Waals surface area (Å²) < 4.78 is 6.12. The number of aromatic nitrogens is 3. The molecule has 1 aromatic carbocycles. The quantitative estimate of drug-likeness (QED) is 0.379. The van der Waals surface area contributed by atoms with E-state index in [1.807, 2.05) is 30.3 Å². The summed E-state index contributed by atoms with van der Waals surface area (Å²) in [5.41, 5.74) is 4.18. The number of imidazole rings is 1. The largest absolute Gasteiger partial charge is 0.481 e. The van der Waals surface area contributed by atoms with Crippen molar-refractivity contribution in [1.82, 2.24) is 19.9 Å². The maximum Gasteiger partial charge on any atom is 0.309 e. The number of fused-ring (bicyclic) bond motifs is 1. The standard InChI is InChI=1S/C29H33ClN4O5/c1-29(2,27(37)38)20-7-9-21(10-8-20)39-28-31-23-15-22(30)25(32-26(23)33-28)19-5-3-17(4-6-19)18-11-13-34(14-12-18)24(36)16-35/h3-6,11,15,20-21,35H,7-10,12-14,16H2,1-2H3,(H,37,38)(H,31,32,33). The number of aliphatic hydroxyl groups is 1. The van der Waals surface area contributed by atoms with Crippen LogP contribution in [0.5, 0.6) is 6.01 Å². The third kappa shape index (κ3) is 5.65. The highest BCUT2D eigenvalue weighted by atomic mass is 35.5. The predicted molar refractivity (Wildman–Crippen MR) is 148 cm³/mol. The number of aliphatic carboxylic acids is 1. The summed E-state index contributed by atoms with van der Waals surface area (Å²) in [5.74, 6) is -0.887. The molecule has 1 saturated carbocycles. The van der Waals surface area contributed by atoms with Crippen LogP contribution in [0.25, 0.3) is 28.0 Å². The Bertz CT molecular complexity index is 1410. The third-order valence-electron chi connectivity index (χ3n) is 8.16. The molecule has 0 spiro atoms. The van der Waals surface area contributed by atoms with Gasteiger partial charge in [-0.1, -0.05) is 41.9 Å². The van der Waals surface area contributed by atoms with Gasteiger partial charge in [-0.05, 0) is 69.1 Å². The van der Waals surface area contributed by atoms with E-state index in [9.17, 15) is 14.7 Å². The molecule has 1 fully saturated rings. The van der Waals surface area contributed by atoms with Crippen LogP contribution in [0.15, 0.2) is 36.4 Å². The van der Waals surface area contributed by atoms with Crippen molar-refractivity contribution in [3.63, 3.8) is 0 Å². The number of carboxylic acid groups (broad SMARTS) is 1. The molecule has 0 bridgehead atoms. The molecule has 1 aliphatic heterocycles. The highest BCUT2D eigenvalue weighted by Gasteiger charge is 2.39. The number of carboxylic acids is 1. The number of carbonyl (C=O) groups excluding carboxylic acids is 1. The van der Waals surface area contributed by atoms with Gasteiger partial charge in [0.05, 0.1) is 21.6 Å². The summed E-state index contributed by atoms with van der Waals surface area (Å²) in [6.45, 7) is 4.21. The average Bonchev–Trinajstić information content (AvgIpc) is 3.33. The number of aliphatic hydroxyl groups excluding tert-OH is 1. The van der Waals surface area contributed by atoms with Crippen LogP contribution in [0.2, 0.25) is 5.02 Å². The number of rotatable bonds is 7. The highest BCUT2D eigenvalue weighted by Crippen LogP contribution is 2.39. The van der Waals surface area contributed by atoms with Gasteiger partial charge in [0.1, 0.15) is 12.7 Å². The summed E-state index contributed by atoms with van der Waals surface area (Å²) in [4.78, 5) is 37.3. The monoisotopic (exact) mass is 552 g/mol. The van der Waals surface area contributed by atoms with Gasteiger partial charge < -0.3 is 24.8 Å². The van der Waals surface area contributed by atoms with Gasteiger partial charge in [0, 0.05) is 18.7 Å². The Morgan fingerprint density at radius 1 is 1.13 bits per heavy atom. The van der Waals surface area contributed by atoms with E-state index >= 15 is 0 Å². The molecule has 9 nitrogen and oxygen atoms in total. The van der Waals surface area contributed by atoms with E-state index in [1.54, 1.807) is 24.8 Å². The van der Waals surface area contributed by atoms with Crippen molar-refractivity contribution in [2.75, 3.05) is 19.7 Å². The number of pyridine rings is 1. The zero-order valence-electron chi connectivity index (χ0n) is 22.1. The Morgan fingerprint density at radius 3 is 2.44 bits per heavy atom. The first kappa shape index (κ1) is 27.1. The van der Waals surface area contributed by atoms with Crippen molar-refractivity contribution in [3.05, 3.63) is 47.0 Å². The molecule has 206 valence electrons. The van der Waals surface area contributed by atoms with Crippen molar-refractivity contribution < 1.29 is 24.5 Å². The molecule has 3 heterocycles. The van der Waals surface area contributed by atoms with E-state index in [0.29, 0.717) is 41.0 Å². The summed E-state index contributed by atoms with van der Waals surface area (Å²) in [6.07, 6.45) is 5.86. The van der Waals surface area contributed by atoms with Gasteiger partial charge in [0.25, 0.3) is 6.01 Å². The second-order valence-electron chi connectivity index (χ2n) is 10.9. The number of carbonyl (C=O) groups is 2. The van der Waals surface area contributed by atoms with E-state index in [0.717, 1.165) is 48.8 Å². The first-order chi connectivity index (χ1) is 18.7. The fraction of sp³-hybridized carbons (Fsp3) is 0.448. The van der Waals surface area contributed by atoms with Crippen molar-refractivity contribution in [2.24, 2.45) is 11.3 Å². The van der Waals surface area contributed by atoms with E-state index < -0.39 is 18.0 Å². The number of ether oxygens (including phenoxy) is 1. The van der Waals surface area contributed by atoms with Crippen LogP contribution >= 0.6 is 11.6 Å². The first-order valence-corrected chi connectivity index (χ1v) is 13.7. The summed E-state index contributed by atoms with van der Waals surface area (Å²) in [6, 6.07) is 10.2. The lowest BCUT2D eigenvalue weighted by Crippen LogP contribution is -2.37. The molecule has 5 rings (SSSR count). The van der Waals surface area contributed by atoms with Crippen molar-refractivity contribution in [2.45, 2.75) is 52.1 Å². The fourth-order valence-corrected chi connectivity index (χ4v) is 5.75. The molecular weight excluding hydrogens is 520 g/mol. The zero-order chi connectivity index (χ0) is 27.7. The second-order valence-corrected chi connectivity index (χ2v) is 11.3. The minimum atomic E-state index is -0.758. The lowest BCUT2D eigenvalue weighted by Gasteiger charge is -2.36. The lowest BCUT2D eigenvalue weighted by atomic mass is 9.70. The van der Waals surface area contributed by atoms with Crippen LogP contribution < -0.4 is 4.74 Å². The Kier molecular flexibility index (Phi) is 7.64. The van der Waals surface area contributed by atoms with Gasteiger partial charge in [-0.2, -0.15) is 4.98 Å². The molecule has 1 amide bonds. The van der Waals surface area contributed by atoms with Gasteiger partial charge in [-0.15, -0.1) is 0 Å². The topological polar surface area (TPSA) is 129 Å². The molecule has 10 heteroatoms. The second kappa shape index (κ2) is 11.0. The Hall–Kier alpha value is -3.43. The zero-order valence-corrected chi connectivity index (χ0v) is 22.9. The molecule has 0 saturated heterocycles. The van der Waals surface area contributed by atoms with E-state index in [4.69, 9.17) is 26.4 Å². The van der Waals surface area contributed by atoms with Gasteiger partial charge in [0.2, 0.25) is 5.91 Å². The van der Waals surface area contributed by atoms with Gasteiger partial charge >= 0.3 is 5.97 Å². The fourth-order valence-electron chi connectivity index (χ4n) is 5.49. The van der Waals surface area contributed by atoms with Gasteiger partial charge in [0.15, 0.2) is 5.65 Å². The number of aromatic amines is 1. The smallest absolute Gasteiger partial charge is 0.309 e. The molecule has 3 aromatic rings. The van der Waals surface area contributed by atoms with Crippen molar-refractivity contribution >= 4 is 40.2 Å². The SMILES string of the molecule is CC(C)(C(=O)O)C1CCC(Oc2nc3nc(-c4ccc(C5=CCN(C(=O)CO)CC5)cc4)c(Cl)cc3[nH]2)CC1.